The number of carbonyl (C=O) groups excluding carboxylic acids is 5. The molecule has 1 heterocycles. The smallest absolute Gasteiger partial charge is 0.407 e. The average molecular weight is 545 g/mol. The van der Waals surface area contributed by atoms with Crippen LogP contribution in [-0.2, 0) is 30.3 Å². The largest absolute Gasteiger partial charge is 0.444 e. The molecule has 0 aromatic heterocycles. The number of ether oxygens (including phenoxy) is 1. The summed E-state index contributed by atoms with van der Waals surface area (Å²) in [5.41, 5.74) is 0.878. The highest BCUT2D eigenvalue weighted by Gasteiger charge is 2.27. The van der Waals surface area contributed by atoms with Crippen LogP contribution in [0.2, 0.25) is 0 Å². The molecular formula is C29H44N4O6. The third-order valence-electron chi connectivity index (χ3n) is 6.15. The molecule has 0 bridgehead atoms. The van der Waals surface area contributed by atoms with E-state index in [0.29, 0.717) is 25.1 Å². The summed E-state index contributed by atoms with van der Waals surface area (Å²) in [6.07, 6.45) is 8.93. The second-order valence-corrected chi connectivity index (χ2v) is 11.0. The molecule has 0 aliphatic carbocycles. The van der Waals surface area contributed by atoms with Crippen LogP contribution in [-0.4, -0.2) is 47.9 Å². The van der Waals surface area contributed by atoms with Gasteiger partial charge < -0.3 is 20.7 Å². The molecule has 1 aliphatic heterocycles. The maximum Gasteiger partial charge on any atom is 0.407 e. The third-order valence-corrected chi connectivity index (χ3v) is 6.15. The predicted octanol–water partition coefficient (Wildman–Crippen LogP) is 4.12. The summed E-state index contributed by atoms with van der Waals surface area (Å²) in [6.45, 7) is 6.16. The highest BCUT2D eigenvalue weighted by atomic mass is 16.6. The van der Waals surface area contributed by atoms with Crippen LogP contribution in [0.3, 0.4) is 0 Å². The third kappa shape index (κ3) is 14.3. The molecule has 216 valence electrons. The Labute approximate surface area is 231 Å². The number of benzene rings is 1. The summed E-state index contributed by atoms with van der Waals surface area (Å²) < 4.78 is 5.21. The standard InChI is InChI=1S/C29H44N4O6/c1-29(2,3)39-28(38)30-18-11-9-7-5-4-6-8-10-15-24(34)31-22-14-12-13-21(19-22)20-26(36)32-23-16-17-25(35)33-27(23)37/h12-14,19,23H,4-11,15-18,20H2,1-3H3,(H,30,38)(H,31,34)(H,32,36)(H,33,35,37). The Bertz CT molecular complexity index is 988. The van der Waals surface area contributed by atoms with Crippen LogP contribution < -0.4 is 21.3 Å². The second kappa shape index (κ2) is 16.5. The van der Waals surface area contributed by atoms with Crippen LogP contribution >= 0.6 is 0 Å². The van der Waals surface area contributed by atoms with Crippen molar-refractivity contribution < 1.29 is 28.7 Å². The number of rotatable bonds is 15. The lowest BCUT2D eigenvalue weighted by molar-refractivity contribution is -0.137. The average Bonchev–Trinajstić information content (AvgIpc) is 2.83. The zero-order valence-corrected chi connectivity index (χ0v) is 23.5. The van der Waals surface area contributed by atoms with Gasteiger partial charge in [-0.1, -0.05) is 50.7 Å². The Morgan fingerprint density at radius 3 is 2.28 bits per heavy atom. The number of nitrogens with one attached hydrogen (secondary N) is 4. The molecule has 10 nitrogen and oxygen atoms in total. The van der Waals surface area contributed by atoms with E-state index in [9.17, 15) is 24.0 Å². The Balaban J connectivity index is 1.52. The summed E-state index contributed by atoms with van der Waals surface area (Å²) >= 11 is 0. The molecule has 1 aromatic rings. The first kappa shape index (κ1) is 31.8. The van der Waals surface area contributed by atoms with Crippen molar-refractivity contribution >= 4 is 35.4 Å². The Hall–Kier alpha value is -3.43. The van der Waals surface area contributed by atoms with Crippen molar-refractivity contribution in [3.8, 4) is 0 Å². The van der Waals surface area contributed by atoms with E-state index in [2.05, 4.69) is 21.3 Å². The van der Waals surface area contributed by atoms with Gasteiger partial charge in [-0.15, -0.1) is 0 Å². The summed E-state index contributed by atoms with van der Waals surface area (Å²) in [4.78, 5) is 59.3. The molecule has 2 rings (SSSR count). The van der Waals surface area contributed by atoms with E-state index < -0.39 is 17.6 Å². The first-order chi connectivity index (χ1) is 18.5. The minimum Gasteiger partial charge on any atom is -0.444 e. The van der Waals surface area contributed by atoms with Crippen molar-refractivity contribution in [1.29, 1.82) is 0 Å². The van der Waals surface area contributed by atoms with E-state index in [-0.39, 0.29) is 36.7 Å². The molecule has 0 spiro atoms. The van der Waals surface area contributed by atoms with Gasteiger partial charge in [0.25, 0.3) is 0 Å². The molecule has 1 aromatic carbocycles. The number of carbonyl (C=O) groups is 5. The van der Waals surface area contributed by atoms with E-state index in [1.807, 2.05) is 20.8 Å². The molecule has 0 saturated carbocycles. The number of unbranched alkanes of at least 4 members (excludes halogenated alkanes) is 7. The van der Waals surface area contributed by atoms with E-state index in [0.717, 1.165) is 56.9 Å². The van der Waals surface area contributed by atoms with Crippen LogP contribution in [0, 0.1) is 0 Å². The highest BCUT2D eigenvalue weighted by Crippen LogP contribution is 2.14. The molecule has 1 atom stereocenters. The predicted molar refractivity (Wildman–Crippen MR) is 149 cm³/mol. The van der Waals surface area contributed by atoms with Gasteiger partial charge >= 0.3 is 6.09 Å². The lowest BCUT2D eigenvalue weighted by atomic mass is 10.1. The van der Waals surface area contributed by atoms with E-state index in [4.69, 9.17) is 4.74 Å². The van der Waals surface area contributed by atoms with Crippen molar-refractivity contribution in [3.63, 3.8) is 0 Å². The van der Waals surface area contributed by atoms with Gasteiger partial charge in [-0.3, -0.25) is 24.5 Å². The van der Waals surface area contributed by atoms with Gasteiger partial charge in [0.1, 0.15) is 11.6 Å². The van der Waals surface area contributed by atoms with Gasteiger partial charge in [-0.05, 0) is 57.7 Å². The van der Waals surface area contributed by atoms with Crippen molar-refractivity contribution in [2.75, 3.05) is 11.9 Å². The van der Waals surface area contributed by atoms with Crippen molar-refractivity contribution in [3.05, 3.63) is 29.8 Å². The number of alkyl carbamates (subject to hydrolysis) is 1. The van der Waals surface area contributed by atoms with Crippen molar-refractivity contribution in [2.45, 2.75) is 109 Å². The van der Waals surface area contributed by atoms with Gasteiger partial charge in [0.05, 0.1) is 6.42 Å². The molecule has 1 aliphatic rings. The SMILES string of the molecule is CC(C)(C)OC(=O)NCCCCCCCCCCC(=O)Nc1cccc(CC(=O)NC2CCC(=O)NC2=O)c1. The molecule has 10 heteroatoms. The van der Waals surface area contributed by atoms with E-state index in [1.165, 1.54) is 0 Å². The first-order valence-electron chi connectivity index (χ1n) is 14.0. The quantitative estimate of drug-likeness (QED) is 0.193. The molecule has 4 N–H and O–H groups in total. The topological polar surface area (TPSA) is 143 Å². The summed E-state index contributed by atoms with van der Waals surface area (Å²) in [7, 11) is 0. The number of imide groups is 1. The number of amides is 5. The molecule has 1 unspecified atom stereocenters. The van der Waals surface area contributed by atoms with Crippen LogP contribution in [0.15, 0.2) is 24.3 Å². The van der Waals surface area contributed by atoms with Crippen molar-refractivity contribution in [1.82, 2.24) is 16.0 Å². The lowest BCUT2D eigenvalue weighted by Crippen LogP contribution is -2.52. The lowest BCUT2D eigenvalue weighted by Gasteiger charge is -2.21. The Morgan fingerprint density at radius 1 is 0.949 bits per heavy atom. The van der Waals surface area contributed by atoms with Crippen LogP contribution in [0.25, 0.3) is 0 Å². The summed E-state index contributed by atoms with van der Waals surface area (Å²) in [5, 5.41) is 10.5. The molecule has 1 saturated heterocycles. The minimum atomic E-state index is -0.703. The molecular weight excluding hydrogens is 500 g/mol. The molecule has 1 fully saturated rings. The zero-order chi connectivity index (χ0) is 28.7. The van der Waals surface area contributed by atoms with E-state index >= 15 is 0 Å². The van der Waals surface area contributed by atoms with Crippen LogP contribution in [0.5, 0.6) is 0 Å². The van der Waals surface area contributed by atoms with Gasteiger partial charge in [-0.25, -0.2) is 4.79 Å². The summed E-state index contributed by atoms with van der Waals surface area (Å²) in [5.74, 6) is -1.18. The number of anilines is 1. The van der Waals surface area contributed by atoms with Gasteiger partial charge in [0.15, 0.2) is 0 Å². The fourth-order valence-electron chi connectivity index (χ4n) is 4.22. The van der Waals surface area contributed by atoms with Crippen LogP contribution in [0.4, 0.5) is 10.5 Å². The number of piperidine rings is 1. The van der Waals surface area contributed by atoms with Crippen LogP contribution in [0.1, 0.15) is 97.0 Å². The zero-order valence-electron chi connectivity index (χ0n) is 23.5. The minimum absolute atomic E-state index is 0.0577. The maximum atomic E-state index is 12.3. The number of hydrogen-bond donors (Lipinski definition) is 4. The maximum absolute atomic E-state index is 12.3. The normalized spacial score (nSPS) is 15.3. The number of hydrogen-bond acceptors (Lipinski definition) is 6. The fourth-order valence-corrected chi connectivity index (χ4v) is 4.22. The first-order valence-corrected chi connectivity index (χ1v) is 14.0. The molecule has 39 heavy (non-hydrogen) atoms. The molecule has 5 amide bonds. The highest BCUT2D eigenvalue weighted by molar-refractivity contribution is 6.01. The van der Waals surface area contributed by atoms with Gasteiger partial charge in [-0.2, -0.15) is 0 Å². The second-order valence-electron chi connectivity index (χ2n) is 11.0. The van der Waals surface area contributed by atoms with Crippen molar-refractivity contribution in [2.24, 2.45) is 0 Å². The monoisotopic (exact) mass is 544 g/mol. The van der Waals surface area contributed by atoms with Gasteiger partial charge in [0, 0.05) is 25.1 Å². The fraction of sp³-hybridized carbons (Fsp3) is 0.621. The summed E-state index contributed by atoms with van der Waals surface area (Å²) in [6, 6.07) is 6.40. The molecule has 0 radical (unpaired) electrons. The Morgan fingerprint density at radius 2 is 1.62 bits per heavy atom. The Kier molecular flexibility index (Phi) is 13.5. The van der Waals surface area contributed by atoms with E-state index in [1.54, 1.807) is 24.3 Å². The van der Waals surface area contributed by atoms with Gasteiger partial charge in [0.2, 0.25) is 23.6 Å².